The summed E-state index contributed by atoms with van der Waals surface area (Å²) < 4.78 is 4.03. The van der Waals surface area contributed by atoms with Crippen LogP contribution >= 0.6 is 11.5 Å². The fraction of sp³-hybridized carbons (Fsp3) is 0.700. The summed E-state index contributed by atoms with van der Waals surface area (Å²) in [6.07, 6.45) is 2.30. The summed E-state index contributed by atoms with van der Waals surface area (Å²) >= 11 is 1.22. The number of aromatic nitrogens is 2. The zero-order chi connectivity index (χ0) is 11.5. The summed E-state index contributed by atoms with van der Waals surface area (Å²) in [4.78, 5) is 17.8. The average molecular weight is 240 g/mol. The largest absolute Gasteiger partial charge is 0.324 e. The molecule has 1 aliphatic rings. The predicted octanol–water partition coefficient (Wildman–Crippen LogP) is 2.11. The molecule has 2 heterocycles. The van der Waals surface area contributed by atoms with E-state index in [2.05, 4.69) is 21.6 Å². The number of piperidine rings is 1. The van der Waals surface area contributed by atoms with Crippen molar-refractivity contribution in [1.29, 1.82) is 0 Å². The highest BCUT2D eigenvalue weighted by Crippen LogP contribution is 2.17. The molecule has 16 heavy (non-hydrogen) atoms. The lowest BCUT2D eigenvalue weighted by Crippen LogP contribution is -2.41. The number of urea groups is 1. The van der Waals surface area contributed by atoms with Crippen molar-refractivity contribution >= 4 is 22.7 Å². The normalized spacial score (nSPS) is 20.9. The maximum Gasteiger partial charge on any atom is 0.323 e. The molecule has 2 rings (SSSR count). The zero-order valence-electron chi connectivity index (χ0n) is 9.56. The van der Waals surface area contributed by atoms with Crippen molar-refractivity contribution in [3.05, 3.63) is 5.82 Å². The molecule has 0 bridgehead atoms. The fourth-order valence-electron chi connectivity index (χ4n) is 1.89. The van der Waals surface area contributed by atoms with Gasteiger partial charge in [-0.05, 0) is 25.7 Å². The molecule has 1 fully saturated rings. The van der Waals surface area contributed by atoms with E-state index in [0.29, 0.717) is 16.9 Å². The van der Waals surface area contributed by atoms with Crippen molar-refractivity contribution in [2.24, 2.45) is 5.92 Å². The molecule has 0 aliphatic carbocycles. The third-order valence-electron chi connectivity index (χ3n) is 2.69. The number of likely N-dealkylation sites (tertiary alicyclic amines) is 1. The number of hydrogen-bond donors (Lipinski definition) is 1. The van der Waals surface area contributed by atoms with Gasteiger partial charge in [0.25, 0.3) is 0 Å². The molecule has 88 valence electrons. The van der Waals surface area contributed by atoms with Gasteiger partial charge < -0.3 is 4.90 Å². The molecule has 1 aromatic rings. The molecular formula is C10H16N4OS. The lowest BCUT2D eigenvalue weighted by atomic mass is 10.0. The van der Waals surface area contributed by atoms with Crippen LogP contribution in [0.15, 0.2) is 0 Å². The summed E-state index contributed by atoms with van der Waals surface area (Å²) in [5, 5.41) is 3.37. The molecule has 1 unspecified atom stereocenters. The number of nitrogens with zero attached hydrogens (tertiary/aromatic N) is 3. The van der Waals surface area contributed by atoms with Crippen LogP contribution in [0.4, 0.5) is 9.93 Å². The highest BCUT2D eigenvalue weighted by Gasteiger charge is 2.21. The minimum absolute atomic E-state index is 0.0531. The molecule has 5 nitrogen and oxygen atoms in total. The summed E-state index contributed by atoms with van der Waals surface area (Å²) in [7, 11) is 0. The number of hydrogen-bond acceptors (Lipinski definition) is 4. The Morgan fingerprint density at radius 3 is 3.06 bits per heavy atom. The standard InChI is InChI=1S/C10H16N4OS/c1-7-4-3-5-14(6-7)10(15)12-9-11-8(2)13-16-9/h7H,3-6H2,1-2H3,(H,11,12,13,15). The van der Waals surface area contributed by atoms with E-state index in [4.69, 9.17) is 0 Å². The second-order valence-corrected chi connectivity index (χ2v) is 5.02. The molecule has 1 N–H and O–H groups in total. The van der Waals surface area contributed by atoms with E-state index in [1.807, 2.05) is 11.8 Å². The summed E-state index contributed by atoms with van der Waals surface area (Å²) in [5.41, 5.74) is 0. The first-order valence-electron chi connectivity index (χ1n) is 5.51. The lowest BCUT2D eigenvalue weighted by molar-refractivity contribution is 0.182. The van der Waals surface area contributed by atoms with E-state index in [1.54, 1.807) is 0 Å². The van der Waals surface area contributed by atoms with Crippen molar-refractivity contribution in [1.82, 2.24) is 14.3 Å². The summed E-state index contributed by atoms with van der Waals surface area (Å²) in [6.45, 7) is 5.67. The van der Waals surface area contributed by atoms with Gasteiger partial charge in [-0.25, -0.2) is 9.78 Å². The third kappa shape index (κ3) is 2.69. The van der Waals surface area contributed by atoms with Crippen molar-refractivity contribution < 1.29 is 4.79 Å². The minimum Gasteiger partial charge on any atom is -0.324 e. The molecule has 6 heteroatoms. The van der Waals surface area contributed by atoms with Crippen molar-refractivity contribution in [3.63, 3.8) is 0 Å². The zero-order valence-corrected chi connectivity index (χ0v) is 10.4. The molecule has 1 aromatic heterocycles. The van der Waals surface area contributed by atoms with E-state index in [9.17, 15) is 4.79 Å². The number of carbonyl (C=O) groups is 1. The van der Waals surface area contributed by atoms with Crippen LogP contribution in [0.25, 0.3) is 0 Å². The Labute approximate surface area is 99.0 Å². The highest BCUT2D eigenvalue weighted by atomic mass is 32.1. The smallest absolute Gasteiger partial charge is 0.323 e. The number of rotatable bonds is 1. The molecule has 1 aliphatic heterocycles. The SMILES string of the molecule is Cc1nsc(NC(=O)N2CCCC(C)C2)n1. The Bertz CT molecular complexity index is 379. The van der Waals surface area contributed by atoms with Crippen LogP contribution in [-0.2, 0) is 0 Å². The summed E-state index contributed by atoms with van der Waals surface area (Å²) in [6, 6.07) is -0.0531. The number of amides is 2. The second-order valence-electron chi connectivity index (χ2n) is 4.27. The number of aryl methyl sites for hydroxylation is 1. The van der Waals surface area contributed by atoms with Crippen LogP contribution in [-0.4, -0.2) is 33.4 Å². The summed E-state index contributed by atoms with van der Waals surface area (Å²) in [5.74, 6) is 1.29. The van der Waals surface area contributed by atoms with Crippen LogP contribution in [0, 0.1) is 12.8 Å². The van der Waals surface area contributed by atoms with Crippen LogP contribution in [0.2, 0.25) is 0 Å². The molecule has 0 aromatic carbocycles. The predicted molar refractivity (Wildman–Crippen MR) is 63.6 cm³/mol. The van der Waals surface area contributed by atoms with Crippen LogP contribution in [0.1, 0.15) is 25.6 Å². The van der Waals surface area contributed by atoms with Crippen molar-refractivity contribution in [2.75, 3.05) is 18.4 Å². The van der Waals surface area contributed by atoms with Gasteiger partial charge in [-0.1, -0.05) is 6.92 Å². The number of anilines is 1. The first-order valence-corrected chi connectivity index (χ1v) is 6.28. The fourth-order valence-corrected chi connectivity index (χ4v) is 2.46. The minimum atomic E-state index is -0.0531. The van der Waals surface area contributed by atoms with E-state index >= 15 is 0 Å². The second kappa shape index (κ2) is 4.78. The Balaban J connectivity index is 1.92. The number of carbonyl (C=O) groups excluding carboxylic acids is 1. The van der Waals surface area contributed by atoms with Gasteiger partial charge in [0.05, 0.1) is 0 Å². The molecule has 0 saturated carbocycles. The first-order chi connectivity index (χ1) is 7.65. The highest BCUT2D eigenvalue weighted by molar-refractivity contribution is 7.09. The Hall–Kier alpha value is -1.17. The molecule has 0 spiro atoms. The molecule has 2 amide bonds. The van der Waals surface area contributed by atoms with Crippen LogP contribution in [0.5, 0.6) is 0 Å². The average Bonchev–Trinajstić information content (AvgIpc) is 2.64. The third-order valence-corrected chi connectivity index (χ3v) is 3.41. The van der Waals surface area contributed by atoms with Gasteiger partial charge in [0.2, 0.25) is 5.13 Å². The van der Waals surface area contributed by atoms with Gasteiger partial charge in [0.1, 0.15) is 5.82 Å². The van der Waals surface area contributed by atoms with E-state index in [-0.39, 0.29) is 6.03 Å². The van der Waals surface area contributed by atoms with Gasteiger partial charge >= 0.3 is 6.03 Å². The maximum absolute atomic E-state index is 11.9. The van der Waals surface area contributed by atoms with Gasteiger partial charge in [-0.3, -0.25) is 5.32 Å². The topological polar surface area (TPSA) is 58.1 Å². The van der Waals surface area contributed by atoms with Crippen LogP contribution < -0.4 is 5.32 Å². The quantitative estimate of drug-likeness (QED) is 0.818. The van der Waals surface area contributed by atoms with Gasteiger partial charge in [0.15, 0.2) is 0 Å². The van der Waals surface area contributed by atoms with E-state index in [1.165, 1.54) is 18.0 Å². The van der Waals surface area contributed by atoms with Gasteiger partial charge in [-0.15, -0.1) is 0 Å². The van der Waals surface area contributed by atoms with E-state index < -0.39 is 0 Å². The van der Waals surface area contributed by atoms with Gasteiger partial charge in [0, 0.05) is 24.6 Å². The molecule has 1 atom stereocenters. The first kappa shape index (κ1) is 11.3. The monoisotopic (exact) mass is 240 g/mol. The Kier molecular flexibility index (Phi) is 3.38. The molecular weight excluding hydrogens is 224 g/mol. The molecule has 1 saturated heterocycles. The maximum atomic E-state index is 11.9. The van der Waals surface area contributed by atoms with Crippen molar-refractivity contribution in [2.45, 2.75) is 26.7 Å². The molecule has 0 radical (unpaired) electrons. The van der Waals surface area contributed by atoms with Crippen LogP contribution in [0.3, 0.4) is 0 Å². The van der Waals surface area contributed by atoms with Crippen molar-refractivity contribution in [3.8, 4) is 0 Å². The Morgan fingerprint density at radius 2 is 2.44 bits per heavy atom. The number of nitrogens with one attached hydrogen (secondary N) is 1. The van der Waals surface area contributed by atoms with Gasteiger partial charge in [-0.2, -0.15) is 4.37 Å². The van der Waals surface area contributed by atoms with E-state index in [0.717, 1.165) is 19.5 Å². The Morgan fingerprint density at radius 1 is 1.62 bits per heavy atom. The lowest BCUT2D eigenvalue weighted by Gasteiger charge is -2.30.